The minimum absolute atomic E-state index is 0.204. The lowest BCUT2D eigenvalue weighted by atomic mass is 10.1. The number of aromatic carboxylic acids is 1. The van der Waals surface area contributed by atoms with Gasteiger partial charge in [-0.2, -0.15) is 0 Å². The summed E-state index contributed by atoms with van der Waals surface area (Å²) < 4.78 is 5.15. The summed E-state index contributed by atoms with van der Waals surface area (Å²) in [5.74, 6) is 0.0363. The van der Waals surface area contributed by atoms with E-state index < -0.39 is 5.97 Å². The van der Waals surface area contributed by atoms with Gasteiger partial charge < -0.3 is 14.8 Å². The van der Waals surface area contributed by atoms with E-state index >= 15 is 0 Å². The van der Waals surface area contributed by atoms with E-state index in [0.29, 0.717) is 34.5 Å². The molecule has 0 aliphatic heterocycles. The van der Waals surface area contributed by atoms with E-state index in [1.807, 2.05) is 0 Å². The third kappa shape index (κ3) is 2.20. The minimum atomic E-state index is -0.982. The fourth-order valence-electron chi connectivity index (χ4n) is 2.28. The molecule has 0 bridgehead atoms. The maximum atomic E-state index is 11.3. The first-order valence-corrected chi connectivity index (χ1v) is 6.49. The van der Waals surface area contributed by atoms with E-state index in [2.05, 4.69) is 9.97 Å². The first kappa shape index (κ1) is 13.8. The topological polar surface area (TPSA) is 92.3 Å². The SMILES string of the molecule is COc1ccc2[nH]c(-c3ccc(C(=O)O)cc3)nc2c1C=O. The van der Waals surface area contributed by atoms with Crippen molar-refractivity contribution in [3.63, 3.8) is 0 Å². The second kappa shape index (κ2) is 5.33. The lowest BCUT2D eigenvalue weighted by Gasteiger charge is -2.02. The number of aromatic nitrogens is 2. The summed E-state index contributed by atoms with van der Waals surface area (Å²) >= 11 is 0. The summed E-state index contributed by atoms with van der Waals surface area (Å²) in [5, 5.41) is 8.91. The number of hydrogen-bond donors (Lipinski definition) is 2. The predicted octanol–water partition coefficient (Wildman–Crippen LogP) is 2.75. The highest BCUT2D eigenvalue weighted by Crippen LogP contribution is 2.28. The van der Waals surface area contributed by atoms with Crippen molar-refractivity contribution in [2.24, 2.45) is 0 Å². The van der Waals surface area contributed by atoms with Crippen molar-refractivity contribution in [1.29, 1.82) is 0 Å². The van der Waals surface area contributed by atoms with Gasteiger partial charge in [0.2, 0.25) is 0 Å². The average molecular weight is 296 g/mol. The predicted molar refractivity (Wildman–Crippen MR) is 80.4 cm³/mol. The standard InChI is InChI=1S/C16H12N2O4/c1-22-13-7-6-12-14(11(13)8-19)18-15(17-12)9-2-4-10(5-3-9)16(20)21/h2-8H,1H3,(H,17,18)(H,20,21). The highest BCUT2D eigenvalue weighted by molar-refractivity contribution is 5.98. The van der Waals surface area contributed by atoms with Gasteiger partial charge in [0.1, 0.15) is 17.1 Å². The summed E-state index contributed by atoms with van der Waals surface area (Å²) in [6.45, 7) is 0. The number of methoxy groups -OCH3 is 1. The lowest BCUT2D eigenvalue weighted by molar-refractivity contribution is 0.0696. The van der Waals surface area contributed by atoms with Gasteiger partial charge in [0.25, 0.3) is 0 Å². The molecule has 22 heavy (non-hydrogen) atoms. The number of carboxylic acid groups (broad SMARTS) is 1. The first-order chi connectivity index (χ1) is 10.6. The number of fused-ring (bicyclic) bond motifs is 1. The minimum Gasteiger partial charge on any atom is -0.496 e. The number of ether oxygens (including phenoxy) is 1. The molecule has 110 valence electrons. The van der Waals surface area contributed by atoms with Crippen LogP contribution in [0.1, 0.15) is 20.7 Å². The Labute approximate surface area is 125 Å². The Kier molecular flexibility index (Phi) is 3.34. The number of rotatable bonds is 4. The van der Waals surface area contributed by atoms with Crippen molar-refractivity contribution in [2.75, 3.05) is 7.11 Å². The Morgan fingerprint density at radius 1 is 1.23 bits per heavy atom. The second-order valence-electron chi connectivity index (χ2n) is 4.66. The second-order valence-corrected chi connectivity index (χ2v) is 4.66. The average Bonchev–Trinajstić information content (AvgIpc) is 2.97. The van der Waals surface area contributed by atoms with Crippen LogP contribution in [0.2, 0.25) is 0 Å². The van der Waals surface area contributed by atoms with Crippen molar-refractivity contribution in [3.8, 4) is 17.1 Å². The van der Waals surface area contributed by atoms with Crippen LogP contribution in [0, 0.1) is 0 Å². The van der Waals surface area contributed by atoms with Gasteiger partial charge in [-0.15, -0.1) is 0 Å². The number of hydrogen-bond acceptors (Lipinski definition) is 4. The number of imidazole rings is 1. The van der Waals surface area contributed by atoms with E-state index in [-0.39, 0.29) is 5.56 Å². The van der Waals surface area contributed by atoms with Crippen molar-refractivity contribution in [1.82, 2.24) is 9.97 Å². The van der Waals surface area contributed by atoms with Crippen molar-refractivity contribution in [2.45, 2.75) is 0 Å². The van der Waals surface area contributed by atoms with Gasteiger partial charge >= 0.3 is 5.97 Å². The molecule has 0 atom stereocenters. The number of nitrogens with zero attached hydrogens (tertiary/aromatic N) is 1. The smallest absolute Gasteiger partial charge is 0.335 e. The first-order valence-electron chi connectivity index (χ1n) is 6.49. The van der Waals surface area contributed by atoms with Gasteiger partial charge in [-0.3, -0.25) is 4.79 Å². The van der Waals surface area contributed by atoms with E-state index in [1.54, 1.807) is 24.3 Å². The molecule has 1 heterocycles. The third-order valence-electron chi connectivity index (χ3n) is 3.40. The van der Waals surface area contributed by atoms with Gasteiger partial charge in [-0.1, -0.05) is 12.1 Å². The maximum absolute atomic E-state index is 11.3. The number of carbonyl (C=O) groups excluding carboxylic acids is 1. The van der Waals surface area contributed by atoms with Gasteiger partial charge in [-0.05, 0) is 24.3 Å². The van der Waals surface area contributed by atoms with Crippen LogP contribution in [0.3, 0.4) is 0 Å². The van der Waals surface area contributed by atoms with Crippen LogP contribution in [0.5, 0.6) is 5.75 Å². The van der Waals surface area contributed by atoms with Crippen molar-refractivity contribution < 1.29 is 19.4 Å². The number of carbonyl (C=O) groups is 2. The largest absolute Gasteiger partial charge is 0.496 e. The van der Waals surface area contributed by atoms with E-state index in [0.717, 1.165) is 5.56 Å². The molecule has 0 unspecified atom stereocenters. The molecule has 2 aromatic carbocycles. The normalized spacial score (nSPS) is 10.6. The van der Waals surface area contributed by atoms with Crippen LogP contribution in [0.4, 0.5) is 0 Å². The zero-order valence-electron chi connectivity index (χ0n) is 11.7. The number of nitrogens with one attached hydrogen (secondary N) is 1. The Balaban J connectivity index is 2.12. The van der Waals surface area contributed by atoms with Crippen LogP contribution in [-0.2, 0) is 0 Å². The molecule has 2 N–H and O–H groups in total. The molecule has 0 spiro atoms. The molecular formula is C16H12N2O4. The molecule has 6 heteroatoms. The van der Waals surface area contributed by atoms with Crippen LogP contribution in [0.25, 0.3) is 22.4 Å². The molecular weight excluding hydrogens is 284 g/mol. The summed E-state index contributed by atoms with van der Waals surface area (Å²) in [5.41, 5.74) is 2.55. The highest BCUT2D eigenvalue weighted by atomic mass is 16.5. The summed E-state index contributed by atoms with van der Waals surface area (Å²) in [6.07, 6.45) is 0.708. The Morgan fingerprint density at radius 3 is 2.55 bits per heavy atom. The molecule has 0 radical (unpaired) electrons. The van der Waals surface area contributed by atoms with Crippen molar-refractivity contribution >= 4 is 23.3 Å². The molecule has 0 aliphatic rings. The van der Waals surface area contributed by atoms with Crippen LogP contribution < -0.4 is 4.74 Å². The Hall–Kier alpha value is -3.15. The van der Waals surface area contributed by atoms with Gasteiger partial charge in [0.05, 0.1) is 23.8 Å². The molecule has 0 amide bonds. The molecule has 0 fully saturated rings. The molecule has 6 nitrogen and oxygen atoms in total. The molecule has 3 aromatic rings. The molecule has 3 rings (SSSR count). The molecule has 1 aromatic heterocycles. The number of carboxylic acids is 1. The molecule has 0 saturated carbocycles. The Bertz CT molecular complexity index is 866. The monoisotopic (exact) mass is 296 g/mol. The summed E-state index contributed by atoms with van der Waals surface area (Å²) in [4.78, 5) is 29.7. The number of aromatic amines is 1. The quantitative estimate of drug-likeness (QED) is 0.722. The fourth-order valence-corrected chi connectivity index (χ4v) is 2.28. The fraction of sp³-hybridized carbons (Fsp3) is 0.0625. The summed E-state index contributed by atoms with van der Waals surface area (Å²) in [7, 11) is 1.49. The van der Waals surface area contributed by atoms with Crippen LogP contribution >= 0.6 is 0 Å². The highest BCUT2D eigenvalue weighted by Gasteiger charge is 2.13. The zero-order valence-corrected chi connectivity index (χ0v) is 11.7. The van der Waals surface area contributed by atoms with E-state index in [4.69, 9.17) is 9.84 Å². The van der Waals surface area contributed by atoms with Crippen LogP contribution in [-0.4, -0.2) is 34.4 Å². The Morgan fingerprint density at radius 2 is 1.95 bits per heavy atom. The molecule has 0 saturated heterocycles. The maximum Gasteiger partial charge on any atom is 0.335 e. The zero-order chi connectivity index (χ0) is 15.7. The van der Waals surface area contributed by atoms with E-state index in [1.165, 1.54) is 19.2 Å². The van der Waals surface area contributed by atoms with Gasteiger partial charge in [-0.25, -0.2) is 9.78 Å². The number of aldehydes is 1. The van der Waals surface area contributed by atoms with E-state index in [9.17, 15) is 9.59 Å². The van der Waals surface area contributed by atoms with Gasteiger partial charge in [0, 0.05) is 5.56 Å². The number of H-pyrrole nitrogens is 1. The molecule has 0 aliphatic carbocycles. The third-order valence-corrected chi connectivity index (χ3v) is 3.40. The van der Waals surface area contributed by atoms with Gasteiger partial charge in [0.15, 0.2) is 6.29 Å². The van der Waals surface area contributed by atoms with Crippen LogP contribution in [0.15, 0.2) is 36.4 Å². The number of benzene rings is 2. The lowest BCUT2D eigenvalue weighted by Crippen LogP contribution is -1.95. The van der Waals surface area contributed by atoms with Crippen molar-refractivity contribution in [3.05, 3.63) is 47.5 Å². The summed E-state index contributed by atoms with van der Waals surface area (Å²) in [6, 6.07) is 9.82.